The molecule has 0 saturated heterocycles. The number of hydrogen-bond acceptors (Lipinski definition) is 3. The standard InChI is InChI=1S/C14H27NO3S/c1-11-10-14(2,3)8-7-12(11)15-13(16)6-5-9-19(4,17)18/h11-12H,5-10H2,1-4H3,(H,15,16). The van der Waals surface area contributed by atoms with Crippen LogP contribution in [0.15, 0.2) is 0 Å². The first-order valence-corrected chi connectivity index (χ1v) is 9.12. The van der Waals surface area contributed by atoms with Crippen LogP contribution in [0.5, 0.6) is 0 Å². The molecule has 0 bridgehead atoms. The van der Waals surface area contributed by atoms with Gasteiger partial charge in [0.25, 0.3) is 0 Å². The smallest absolute Gasteiger partial charge is 0.220 e. The van der Waals surface area contributed by atoms with Gasteiger partial charge in [-0.3, -0.25) is 4.79 Å². The van der Waals surface area contributed by atoms with Crippen molar-refractivity contribution in [2.75, 3.05) is 12.0 Å². The van der Waals surface area contributed by atoms with Crippen molar-refractivity contribution in [1.82, 2.24) is 5.32 Å². The molecule has 0 radical (unpaired) electrons. The molecule has 2 atom stereocenters. The number of sulfone groups is 1. The van der Waals surface area contributed by atoms with Crippen molar-refractivity contribution in [3.8, 4) is 0 Å². The fourth-order valence-electron chi connectivity index (χ4n) is 2.93. The number of amides is 1. The normalized spacial score (nSPS) is 26.9. The van der Waals surface area contributed by atoms with Gasteiger partial charge >= 0.3 is 0 Å². The van der Waals surface area contributed by atoms with Gasteiger partial charge in [0, 0.05) is 18.7 Å². The van der Waals surface area contributed by atoms with E-state index in [1.165, 1.54) is 6.26 Å². The highest BCUT2D eigenvalue weighted by atomic mass is 32.2. The van der Waals surface area contributed by atoms with Crippen LogP contribution in [0.4, 0.5) is 0 Å². The lowest BCUT2D eigenvalue weighted by Gasteiger charge is -2.39. The summed E-state index contributed by atoms with van der Waals surface area (Å²) < 4.78 is 22.0. The summed E-state index contributed by atoms with van der Waals surface area (Å²) >= 11 is 0. The summed E-state index contributed by atoms with van der Waals surface area (Å²) in [7, 11) is -2.96. The molecule has 0 aromatic heterocycles. The number of carbonyl (C=O) groups is 1. The second-order valence-corrected chi connectivity index (χ2v) is 9.05. The minimum atomic E-state index is -2.96. The summed E-state index contributed by atoms with van der Waals surface area (Å²) in [5, 5.41) is 3.06. The largest absolute Gasteiger partial charge is 0.353 e. The van der Waals surface area contributed by atoms with Gasteiger partial charge in [-0.2, -0.15) is 0 Å². The monoisotopic (exact) mass is 289 g/mol. The van der Waals surface area contributed by atoms with E-state index in [-0.39, 0.29) is 17.7 Å². The van der Waals surface area contributed by atoms with Gasteiger partial charge in [-0.05, 0) is 37.0 Å². The van der Waals surface area contributed by atoms with Crippen molar-refractivity contribution in [3.05, 3.63) is 0 Å². The number of hydrogen-bond donors (Lipinski definition) is 1. The Morgan fingerprint density at radius 3 is 2.53 bits per heavy atom. The van der Waals surface area contributed by atoms with Crippen LogP contribution in [-0.4, -0.2) is 32.4 Å². The van der Waals surface area contributed by atoms with Crippen molar-refractivity contribution in [2.45, 2.75) is 58.9 Å². The van der Waals surface area contributed by atoms with Crippen LogP contribution in [0.1, 0.15) is 52.9 Å². The van der Waals surface area contributed by atoms with Gasteiger partial charge in [-0.1, -0.05) is 20.8 Å². The Hall–Kier alpha value is -0.580. The van der Waals surface area contributed by atoms with Crippen LogP contribution in [-0.2, 0) is 14.6 Å². The van der Waals surface area contributed by atoms with E-state index in [4.69, 9.17) is 0 Å². The van der Waals surface area contributed by atoms with E-state index >= 15 is 0 Å². The third-order valence-corrected chi connectivity index (χ3v) is 4.99. The quantitative estimate of drug-likeness (QED) is 0.843. The van der Waals surface area contributed by atoms with E-state index in [1.54, 1.807) is 0 Å². The maximum atomic E-state index is 11.8. The van der Waals surface area contributed by atoms with Gasteiger partial charge in [0.2, 0.25) is 5.91 Å². The van der Waals surface area contributed by atoms with E-state index in [0.717, 1.165) is 19.3 Å². The van der Waals surface area contributed by atoms with Crippen molar-refractivity contribution < 1.29 is 13.2 Å². The first kappa shape index (κ1) is 16.5. The Bertz CT molecular complexity index is 414. The molecule has 19 heavy (non-hydrogen) atoms. The van der Waals surface area contributed by atoms with E-state index < -0.39 is 9.84 Å². The molecule has 0 aliphatic heterocycles. The van der Waals surface area contributed by atoms with E-state index in [1.807, 2.05) is 0 Å². The van der Waals surface area contributed by atoms with Crippen LogP contribution in [0, 0.1) is 11.3 Å². The van der Waals surface area contributed by atoms with Crippen LogP contribution < -0.4 is 5.32 Å². The molecule has 1 aliphatic carbocycles. The molecule has 2 unspecified atom stereocenters. The predicted octanol–water partition coefficient (Wildman–Crippen LogP) is 2.14. The van der Waals surface area contributed by atoms with Crippen LogP contribution in [0.2, 0.25) is 0 Å². The van der Waals surface area contributed by atoms with Crippen molar-refractivity contribution in [2.24, 2.45) is 11.3 Å². The molecular formula is C14H27NO3S. The predicted molar refractivity (Wildman–Crippen MR) is 77.7 cm³/mol. The Morgan fingerprint density at radius 1 is 1.37 bits per heavy atom. The summed E-state index contributed by atoms with van der Waals surface area (Å²) in [5.74, 6) is 0.566. The molecular weight excluding hydrogens is 262 g/mol. The van der Waals surface area contributed by atoms with Gasteiger partial charge in [-0.15, -0.1) is 0 Å². The zero-order valence-corrected chi connectivity index (χ0v) is 13.3. The second kappa shape index (κ2) is 6.25. The molecule has 1 aliphatic rings. The molecule has 0 aromatic carbocycles. The van der Waals surface area contributed by atoms with Gasteiger partial charge in [0.1, 0.15) is 9.84 Å². The average Bonchev–Trinajstić information content (AvgIpc) is 2.19. The van der Waals surface area contributed by atoms with Gasteiger partial charge in [0.15, 0.2) is 0 Å². The molecule has 5 heteroatoms. The SMILES string of the molecule is CC1CC(C)(C)CCC1NC(=O)CCCS(C)(=O)=O. The lowest BCUT2D eigenvalue weighted by atomic mass is 9.70. The van der Waals surface area contributed by atoms with Gasteiger partial charge in [-0.25, -0.2) is 8.42 Å². The molecule has 0 spiro atoms. The van der Waals surface area contributed by atoms with Crippen LogP contribution in [0.3, 0.4) is 0 Å². The summed E-state index contributed by atoms with van der Waals surface area (Å²) in [4.78, 5) is 11.8. The third-order valence-electron chi connectivity index (χ3n) is 3.96. The van der Waals surface area contributed by atoms with Crippen molar-refractivity contribution in [3.63, 3.8) is 0 Å². The summed E-state index contributed by atoms with van der Waals surface area (Å²) in [5.41, 5.74) is 0.372. The fraction of sp³-hybridized carbons (Fsp3) is 0.929. The van der Waals surface area contributed by atoms with Gasteiger partial charge < -0.3 is 5.32 Å². The average molecular weight is 289 g/mol. The molecule has 0 heterocycles. The van der Waals surface area contributed by atoms with Gasteiger partial charge in [0.05, 0.1) is 5.75 Å². The van der Waals surface area contributed by atoms with Crippen molar-refractivity contribution >= 4 is 15.7 Å². The molecule has 0 aromatic rings. The Labute approximate surface area is 117 Å². The first-order valence-electron chi connectivity index (χ1n) is 7.06. The third kappa shape index (κ3) is 6.41. The molecule has 112 valence electrons. The van der Waals surface area contributed by atoms with E-state index in [0.29, 0.717) is 24.2 Å². The molecule has 1 N–H and O–H groups in total. The topological polar surface area (TPSA) is 63.2 Å². The summed E-state index contributed by atoms with van der Waals surface area (Å²) in [6.45, 7) is 6.73. The Kier molecular flexibility index (Phi) is 5.42. The molecule has 4 nitrogen and oxygen atoms in total. The van der Waals surface area contributed by atoms with Crippen LogP contribution in [0.25, 0.3) is 0 Å². The highest BCUT2D eigenvalue weighted by Crippen LogP contribution is 2.38. The zero-order chi connectivity index (χ0) is 14.7. The fourth-order valence-corrected chi connectivity index (χ4v) is 3.60. The molecule has 1 saturated carbocycles. The lowest BCUT2D eigenvalue weighted by molar-refractivity contribution is -0.122. The minimum Gasteiger partial charge on any atom is -0.353 e. The maximum Gasteiger partial charge on any atom is 0.220 e. The molecule has 1 fully saturated rings. The lowest BCUT2D eigenvalue weighted by Crippen LogP contribution is -2.44. The number of rotatable bonds is 5. The molecule has 1 rings (SSSR count). The minimum absolute atomic E-state index is 0.0137. The number of carbonyl (C=O) groups excluding carboxylic acids is 1. The second-order valence-electron chi connectivity index (χ2n) is 6.79. The van der Waals surface area contributed by atoms with Crippen molar-refractivity contribution in [1.29, 1.82) is 0 Å². The number of nitrogens with one attached hydrogen (secondary N) is 1. The summed E-state index contributed by atoms with van der Waals surface area (Å²) in [6.07, 6.45) is 5.20. The molecule has 1 amide bonds. The highest BCUT2D eigenvalue weighted by molar-refractivity contribution is 7.90. The zero-order valence-electron chi connectivity index (χ0n) is 12.5. The maximum absolute atomic E-state index is 11.8. The van der Waals surface area contributed by atoms with Crippen LogP contribution >= 0.6 is 0 Å². The van der Waals surface area contributed by atoms with E-state index in [2.05, 4.69) is 26.1 Å². The Balaban J connectivity index is 2.33. The highest BCUT2D eigenvalue weighted by Gasteiger charge is 2.32. The summed E-state index contributed by atoms with van der Waals surface area (Å²) in [6, 6.07) is 0.249. The van der Waals surface area contributed by atoms with E-state index in [9.17, 15) is 13.2 Å². The first-order chi connectivity index (χ1) is 8.59. The Morgan fingerprint density at radius 2 is 2.00 bits per heavy atom.